The van der Waals surface area contributed by atoms with Crippen molar-refractivity contribution in [3.63, 3.8) is 0 Å². The van der Waals surface area contributed by atoms with E-state index in [2.05, 4.69) is 28.6 Å². The van der Waals surface area contributed by atoms with Crippen LogP contribution < -0.4 is 15.4 Å². The highest BCUT2D eigenvalue weighted by molar-refractivity contribution is 14.0. The molecule has 1 saturated heterocycles. The minimum absolute atomic E-state index is 0. The van der Waals surface area contributed by atoms with Gasteiger partial charge in [-0.1, -0.05) is 12.1 Å². The molecule has 1 aliphatic rings. The van der Waals surface area contributed by atoms with Crippen LogP contribution in [0.3, 0.4) is 0 Å². The highest BCUT2D eigenvalue weighted by Gasteiger charge is 2.14. The lowest BCUT2D eigenvalue weighted by Crippen LogP contribution is -2.39. The van der Waals surface area contributed by atoms with Crippen molar-refractivity contribution in [3.05, 3.63) is 29.8 Å². The molecule has 1 atom stereocenters. The monoisotopic (exact) mass is 477 g/mol. The first-order chi connectivity index (χ1) is 12.3. The molecule has 0 amide bonds. The van der Waals surface area contributed by atoms with Gasteiger partial charge >= 0.3 is 0 Å². The Labute approximate surface area is 174 Å². The van der Waals surface area contributed by atoms with E-state index in [0.29, 0.717) is 25.9 Å². The Bertz CT molecular complexity index is 523. The second-order valence-corrected chi connectivity index (χ2v) is 6.15. The van der Waals surface area contributed by atoms with Crippen LogP contribution in [0.15, 0.2) is 29.3 Å². The largest absolute Gasteiger partial charge is 0.492 e. The smallest absolute Gasteiger partial charge is 0.191 e. The number of rotatable bonds is 10. The topological polar surface area (TPSA) is 64.1 Å². The quantitative estimate of drug-likeness (QED) is 0.235. The summed E-state index contributed by atoms with van der Waals surface area (Å²) in [6.45, 7) is 6.50. The van der Waals surface area contributed by atoms with Crippen LogP contribution in [-0.2, 0) is 9.47 Å². The summed E-state index contributed by atoms with van der Waals surface area (Å²) in [6.07, 6.45) is 3.52. The molecule has 0 spiro atoms. The third-order valence-corrected chi connectivity index (χ3v) is 3.96. The molecule has 1 aromatic rings. The van der Waals surface area contributed by atoms with E-state index in [4.69, 9.17) is 14.2 Å². The minimum Gasteiger partial charge on any atom is -0.492 e. The molecule has 2 rings (SSSR count). The molecule has 0 aromatic heterocycles. The van der Waals surface area contributed by atoms with Gasteiger partial charge in [0, 0.05) is 26.8 Å². The Morgan fingerprint density at radius 1 is 1.27 bits per heavy atom. The highest BCUT2D eigenvalue weighted by Crippen LogP contribution is 2.12. The Balaban J connectivity index is 0.00000338. The zero-order chi connectivity index (χ0) is 17.7. The Hall–Kier alpha value is -1.06. The molecular weight excluding hydrogens is 445 g/mol. The zero-order valence-corrected chi connectivity index (χ0v) is 18.2. The summed E-state index contributed by atoms with van der Waals surface area (Å²) in [5.41, 5.74) is 1.20. The van der Waals surface area contributed by atoms with Gasteiger partial charge in [0.2, 0.25) is 0 Å². The van der Waals surface area contributed by atoms with Crippen LogP contribution in [0.2, 0.25) is 0 Å². The maximum Gasteiger partial charge on any atom is 0.191 e. The van der Waals surface area contributed by atoms with Crippen LogP contribution in [0.1, 0.15) is 24.8 Å². The van der Waals surface area contributed by atoms with E-state index < -0.39 is 0 Å². The minimum atomic E-state index is 0. The lowest BCUT2D eigenvalue weighted by molar-refractivity contribution is 0.0168. The number of nitrogens with one attached hydrogen (secondary N) is 2. The third kappa shape index (κ3) is 9.59. The molecule has 0 saturated carbocycles. The molecule has 0 radical (unpaired) electrons. The normalized spacial score (nSPS) is 16.8. The van der Waals surface area contributed by atoms with Crippen LogP contribution in [0.4, 0.5) is 0 Å². The summed E-state index contributed by atoms with van der Waals surface area (Å²) in [7, 11) is 1.77. The molecule has 6 nitrogen and oxygen atoms in total. The van der Waals surface area contributed by atoms with Crippen LogP contribution in [0.5, 0.6) is 5.75 Å². The first-order valence-corrected chi connectivity index (χ1v) is 9.11. The maximum atomic E-state index is 5.71. The molecule has 2 N–H and O–H groups in total. The molecule has 1 fully saturated rings. The molecule has 148 valence electrons. The fourth-order valence-electron chi connectivity index (χ4n) is 2.64. The standard InChI is InChI=1S/C19H31N3O3.HI/c1-16-6-3-7-17(14-16)25-13-10-22-19(20-2)21-9-5-11-23-15-18-8-4-12-24-18;/h3,6-7,14,18H,4-5,8-13,15H2,1-2H3,(H2,20,21,22);1H. The van der Waals surface area contributed by atoms with Crippen LogP contribution in [0.25, 0.3) is 0 Å². The molecule has 1 aliphatic heterocycles. The lowest BCUT2D eigenvalue weighted by Gasteiger charge is -2.13. The van der Waals surface area contributed by atoms with Crippen molar-refractivity contribution >= 4 is 29.9 Å². The van der Waals surface area contributed by atoms with Crippen molar-refractivity contribution in [2.75, 3.05) is 46.6 Å². The summed E-state index contributed by atoms with van der Waals surface area (Å²) < 4.78 is 16.9. The van der Waals surface area contributed by atoms with Crippen LogP contribution >= 0.6 is 24.0 Å². The SMILES string of the molecule is CN=C(NCCCOCC1CCCO1)NCCOc1cccc(C)c1.I. The van der Waals surface area contributed by atoms with Crippen LogP contribution in [-0.4, -0.2) is 58.6 Å². The number of hydrogen-bond donors (Lipinski definition) is 2. The van der Waals surface area contributed by atoms with E-state index >= 15 is 0 Å². The molecule has 1 unspecified atom stereocenters. The molecule has 26 heavy (non-hydrogen) atoms. The van der Waals surface area contributed by atoms with E-state index in [1.54, 1.807) is 7.05 Å². The fourth-order valence-corrected chi connectivity index (χ4v) is 2.64. The second-order valence-electron chi connectivity index (χ2n) is 6.15. The third-order valence-electron chi connectivity index (χ3n) is 3.96. The predicted molar refractivity (Wildman–Crippen MR) is 116 cm³/mol. The molecule has 1 aromatic carbocycles. The van der Waals surface area contributed by atoms with E-state index in [9.17, 15) is 0 Å². The van der Waals surface area contributed by atoms with Crippen molar-refractivity contribution in [1.29, 1.82) is 0 Å². The number of hydrogen-bond acceptors (Lipinski definition) is 4. The zero-order valence-electron chi connectivity index (χ0n) is 15.8. The first kappa shape index (κ1) is 23.0. The molecule has 0 bridgehead atoms. The predicted octanol–water partition coefficient (Wildman–Crippen LogP) is 2.74. The molecule has 1 heterocycles. The highest BCUT2D eigenvalue weighted by atomic mass is 127. The summed E-state index contributed by atoms with van der Waals surface area (Å²) >= 11 is 0. The van der Waals surface area contributed by atoms with Crippen molar-refractivity contribution in [2.45, 2.75) is 32.3 Å². The van der Waals surface area contributed by atoms with Gasteiger partial charge in [-0.2, -0.15) is 0 Å². The second kappa shape index (κ2) is 14.1. The molecule has 7 heteroatoms. The van der Waals surface area contributed by atoms with E-state index in [1.807, 2.05) is 18.2 Å². The van der Waals surface area contributed by atoms with Crippen molar-refractivity contribution < 1.29 is 14.2 Å². The molecule has 0 aliphatic carbocycles. The summed E-state index contributed by atoms with van der Waals surface area (Å²) in [6, 6.07) is 8.06. The van der Waals surface area contributed by atoms with Gasteiger partial charge in [0.1, 0.15) is 12.4 Å². The first-order valence-electron chi connectivity index (χ1n) is 9.11. The Morgan fingerprint density at radius 2 is 2.12 bits per heavy atom. The van der Waals surface area contributed by atoms with Gasteiger partial charge in [-0.05, 0) is 43.9 Å². The van der Waals surface area contributed by atoms with E-state index in [-0.39, 0.29) is 24.0 Å². The number of aliphatic imine (C=N–C) groups is 1. The Morgan fingerprint density at radius 3 is 2.85 bits per heavy atom. The number of aryl methyl sites for hydroxylation is 1. The van der Waals surface area contributed by atoms with Crippen molar-refractivity contribution in [1.82, 2.24) is 10.6 Å². The van der Waals surface area contributed by atoms with Gasteiger partial charge < -0.3 is 24.8 Å². The molecular formula is C19H32IN3O3. The lowest BCUT2D eigenvalue weighted by atomic mass is 10.2. The average Bonchev–Trinajstić information content (AvgIpc) is 3.13. The summed E-state index contributed by atoms with van der Waals surface area (Å²) in [5.74, 6) is 1.68. The number of ether oxygens (including phenoxy) is 3. The van der Waals surface area contributed by atoms with Gasteiger partial charge in [-0.15, -0.1) is 24.0 Å². The fraction of sp³-hybridized carbons (Fsp3) is 0.632. The number of guanidine groups is 1. The van der Waals surface area contributed by atoms with Crippen molar-refractivity contribution in [3.8, 4) is 5.75 Å². The number of nitrogens with zero attached hydrogens (tertiary/aromatic N) is 1. The van der Waals surface area contributed by atoms with Gasteiger partial charge in [0.15, 0.2) is 5.96 Å². The number of benzene rings is 1. The van der Waals surface area contributed by atoms with E-state index in [0.717, 1.165) is 50.7 Å². The average molecular weight is 477 g/mol. The van der Waals surface area contributed by atoms with Crippen molar-refractivity contribution in [2.24, 2.45) is 4.99 Å². The maximum absolute atomic E-state index is 5.71. The van der Waals surface area contributed by atoms with Gasteiger partial charge in [0.25, 0.3) is 0 Å². The van der Waals surface area contributed by atoms with Gasteiger partial charge in [-0.3, -0.25) is 4.99 Å². The summed E-state index contributed by atoms with van der Waals surface area (Å²) in [5, 5.41) is 6.52. The van der Waals surface area contributed by atoms with Gasteiger partial charge in [0.05, 0.1) is 19.3 Å². The summed E-state index contributed by atoms with van der Waals surface area (Å²) in [4.78, 5) is 4.21. The van der Waals surface area contributed by atoms with Crippen LogP contribution in [0, 0.1) is 6.92 Å². The van der Waals surface area contributed by atoms with Gasteiger partial charge in [-0.25, -0.2) is 0 Å². The van der Waals surface area contributed by atoms with E-state index in [1.165, 1.54) is 5.56 Å². The number of halogens is 1. The Kier molecular flexibility index (Phi) is 12.4.